The standard InChI is InChI=1S/C19H22FN3O4/c1-13-17(11-21-23(13)15-6-4-14(20)5-7-15)19(26)22(9-8-18(24)25)12-16-3-2-10-27-16/h4-7,11,16H,2-3,8-10,12H2,1H3,(H,24,25)/t16-/m1/s1. The molecule has 0 bridgehead atoms. The SMILES string of the molecule is Cc1c(C(=O)N(CCC(=O)O)C[C@H]2CCCO2)cnn1-c1ccc(F)cc1. The molecule has 1 aliphatic rings. The number of rotatable bonds is 7. The number of halogens is 1. The van der Waals surface area contributed by atoms with Crippen molar-refractivity contribution in [3.8, 4) is 5.69 Å². The van der Waals surface area contributed by atoms with Gasteiger partial charge in [-0.2, -0.15) is 5.10 Å². The van der Waals surface area contributed by atoms with Gasteiger partial charge < -0.3 is 14.7 Å². The highest BCUT2D eigenvalue weighted by Crippen LogP contribution is 2.19. The van der Waals surface area contributed by atoms with Crippen LogP contribution in [0.5, 0.6) is 0 Å². The first-order valence-corrected chi connectivity index (χ1v) is 8.89. The number of nitrogens with zero attached hydrogens (tertiary/aromatic N) is 3. The zero-order chi connectivity index (χ0) is 19.4. The van der Waals surface area contributed by atoms with Crippen molar-refractivity contribution in [2.75, 3.05) is 19.7 Å². The summed E-state index contributed by atoms with van der Waals surface area (Å²) >= 11 is 0. The van der Waals surface area contributed by atoms with Gasteiger partial charge in [-0.3, -0.25) is 9.59 Å². The third-order valence-corrected chi connectivity index (χ3v) is 4.64. The Labute approximate surface area is 156 Å². The summed E-state index contributed by atoms with van der Waals surface area (Å²) in [7, 11) is 0. The highest BCUT2D eigenvalue weighted by atomic mass is 19.1. The van der Waals surface area contributed by atoms with Gasteiger partial charge in [-0.1, -0.05) is 0 Å². The number of benzene rings is 1. The number of hydrogen-bond acceptors (Lipinski definition) is 4. The van der Waals surface area contributed by atoms with Crippen LogP contribution < -0.4 is 0 Å². The monoisotopic (exact) mass is 375 g/mol. The van der Waals surface area contributed by atoms with E-state index >= 15 is 0 Å². The van der Waals surface area contributed by atoms with E-state index in [4.69, 9.17) is 9.84 Å². The van der Waals surface area contributed by atoms with Crippen molar-refractivity contribution in [2.45, 2.75) is 32.3 Å². The Balaban J connectivity index is 1.81. The summed E-state index contributed by atoms with van der Waals surface area (Å²) in [5.74, 6) is -1.59. The Morgan fingerprint density at radius 3 is 2.74 bits per heavy atom. The molecule has 1 atom stereocenters. The zero-order valence-electron chi connectivity index (χ0n) is 15.1. The van der Waals surface area contributed by atoms with E-state index in [2.05, 4.69) is 5.10 Å². The van der Waals surface area contributed by atoms with Gasteiger partial charge in [-0.15, -0.1) is 0 Å². The number of carboxylic acid groups (broad SMARTS) is 1. The van der Waals surface area contributed by atoms with E-state index in [0.29, 0.717) is 30.1 Å². The molecule has 0 spiro atoms. The molecule has 3 rings (SSSR count). The Bertz CT molecular complexity index is 813. The average Bonchev–Trinajstić information content (AvgIpc) is 3.28. The van der Waals surface area contributed by atoms with Crippen LogP contribution in [-0.4, -0.2) is 57.5 Å². The normalized spacial score (nSPS) is 16.4. The molecule has 1 fully saturated rings. The molecule has 7 nitrogen and oxygen atoms in total. The molecule has 1 N–H and O–H groups in total. The van der Waals surface area contributed by atoms with Crippen LogP contribution in [-0.2, 0) is 9.53 Å². The summed E-state index contributed by atoms with van der Waals surface area (Å²) in [5.41, 5.74) is 1.64. The molecular formula is C19H22FN3O4. The fourth-order valence-corrected chi connectivity index (χ4v) is 3.17. The lowest BCUT2D eigenvalue weighted by atomic mass is 10.1. The third kappa shape index (κ3) is 4.51. The molecule has 1 aromatic heterocycles. The molecule has 0 unspecified atom stereocenters. The number of carboxylic acids is 1. The lowest BCUT2D eigenvalue weighted by Gasteiger charge is -2.25. The maximum atomic E-state index is 13.1. The van der Waals surface area contributed by atoms with Crippen molar-refractivity contribution in [1.82, 2.24) is 14.7 Å². The molecule has 1 amide bonds. The molecule has 1 saturated heterocycles. The number of carbonyl (C=O) groups is 2. The maximum absolute atomic E-state index is 13.1. The first kappa shape index (κ1) is 19.0. The topological polar surface area (TPSA) is 84.7 Å². The third-order valence-electron chi connectivity index (χ3n) is 4.64. The molecule has 0 radical (unpaired) electrons. The summed E-state index contributed by atoms with van der Waals surface area (Å²) in [6.07, 6.45) is 3.04. The van der Waals surface area contributed by atoms with Crippen LogP contribution in [0.15, 0.2) is 30.5 Å². The zero-order valence-corrected chi connectivity index (χ0v) is 15.1. The highest BCUT2D eigenvalue weighted by Gasteiger charge is 2.26. The lowest BCUT2D eigenvalue weighted by Crippen LogP contribution is -2.39. The summed E-state index contributed by atoms with van der Waals surface area (Å²) in [6.45, 7) is 2.88. The minimum Gasteiger partial charge on any atom is -0.481 e. The van der Waals surface area contributed by atoms with E-state index in [-0.39, 0.29) is 30.8 Å². The molecule has 0 saturated carbocycles. The number of ether oxygens (including phenoxy) is 1. The van der Waals surface area contributed by atoms with Crippen LogP contribution in [0.3, 0.4) is 0 Å². The van der Waals surface area contributed by atoms with Gasteiger partial charge in [0.1, 0.15) is 5.82 Å². The predicted octanol–water partition coefficient (Wildman–Crippen LogP) is 2.42. The predicted molar refractivity (Wildman–Crippen MR) is 95.4 cm³/mol. The highest BCUT2D eigenvalue weighted by molar-refractivity contribution is 5.95. The molecule has 27 heavy (non-hydrogen) atoms. The van der Waals surface area contributed by atoms with E-state index in [0.717, 1.165) is 12.8 Å². The van der Waals surface area contributed by atoms with Crippen molar-refractivity contribution < 1.29 is 23.8 Å². The van der Waals surface area contributed by atoms with Crippen molar-refractivity contribution >= 4 is 11.9 Å². The number of aliphatic carboxylic acids is 1. The Morgan fingerprint density at radius 1 is 1.37 bits per heavy atom. The minimum absolute atomic E-state index is 0.0739. The largest absolute Gasteiger partial charge is 0.481 e. The first-order valence-electron chi connectivity index (χ1n) is 8.89. The molecule has 2 heterocycles. The molecule has 1 aromatic carbocycles. The van der Waals surface area contributed by atoms with Crippen LogP contribution in [0.2, 0.25) is 0 Å². The van der Waals surface area contributed by atoms with E-state index in [9.17, 15) is 14.0 Å². The van der Waals surface area contributed by atoms with Gasteiger partial charge in [0.05, 0.1) is 35.7 Å². The number of hydrogen-bond donors (Lipinski definition) is 1. The second-order valence-corrected chi connectivity index (χ2v) is 6.56. The Hall–Kier alpha value is -2.74. The van der Waals surface area contributed by atoms with Crippen LogP contribution in [0.25, 0.3) is 5.69 Å². The fourth-order valence-electron chi connectivity index (χ4n) is 3.17. The molecule has 144 valence electrons. The van der Waals surface area contributed by atoms with Gasteiger partial charge in [0.25, 0.3) is 5.91 Å². The summed E-state index contributed by atoms with van der Waals surface area (Å²) < 4.78 is 20.3. The van der Waals surface area contributed by atoms with Crippen LogP contribution >= 0.6 is 0 Å². The van der Waals surface area contributed by atoms with Crippen LogP contribution in [0.4, 0.5) is 4.39 Å². The first-order chi connectivity index (χ1) is 13.0. The van der Waals surface area contributed by atoms with Crippen LogP contribution in [0, 0.1) is 12.7 Å². The summed E-state index contributed by atoms with van der Waals surface area (Å²) in [4.78, 5) is 25.5. The number of aromatic nitrogens is 2. The Morgan fingerprint density at radius 2 is 2.11 bits per heavy atom. The van der Waals surface area contributed by atoms with E-state index in [1.54, 1.807) is 23.7 Å². The summed E-state index contributed by atoms with van der Waals surface area (Å²) in [5, 5.41) is 13.2. The molecule has 8 heteroatoms. The van der Waals surface area contributed by atoms with E-state index in [1.807, 2.05) is 0 Å². The molecule has 0 aliphatic carbocycles. The molecular weight excluding hydrogens is 353 g/mol. The smallest absolute Gasteiger partial charge is 0.305 e. The Kier molecular flexibility index (Phi) is 5.85. The van der Waals surface area contributed by atoms with Gasteiger partial charge in [0.2, 0.25) is 0 Å². The van der Waals surface area contributed by atoms with Gasteiger partial charge in [-0.05, 0) is 44.0 Å². The fraction of sp³-hybridized carbons (Fsp3) is 0.421. The van der Waals surface area contributed by atoms with Gasteiger partial charge in [-0.25, -0.2) is 9.07 Å². The number of amides is 1. The van der Waals surface area contributed by atoms with Crippen molar-refractivity contribution in [1.29, 1.82) is 0 Å². The number of carbonyl (C=O) groups excluding carboxylic acids is 1. The van der Waals surface area contributed by atoms with Crippen molar-refractivity contribution in [2.24, 2.45) is 0 Å². The van der Waals surface area contributed by atoms with E-state index in [1.165, 1.54) is 23.2 Å². The van der Waals surface area contributed by atoms with Gasteiger partial charge in [0, 0.05) is 19.7 Å². The van der Waals surface area contributed by atoms with Gasteiger partial charge in [0.15, 0.2) is 0 Å². The van der Waals surface area contributed by atoms with Crippen LogP contribution in [0.1, 0.15) is 35.3 Å². The minimum atomic E-state index is -0.959. The molecule has 1 aliphatic heterocycles. The van der Waals surface area contributed by atoms with Gasteiger partial charge >= 0.3 is 5.97 Å². The second kappa shape index (κ2) is 8.30. The molecule has 2 aromatic rings. The van der Waals surface area contributed by atoms with E-state index < -0.39 is 5.97 Å². The second-order valence-electron chi connectivity index (χ2n) is 6.56. The maximum Gasteiger partial charge on any atom is 0.305 e. The lowest BCUT2D eigenvalue weighted by molar-refractivity contribution is -0.137. The van der Waals surface area contributed by atoms with Crippen molar-refractivity contribution in [3.05, 3.63) is 47.5 Å². The quantitative estimate of drug-likeness (QED) is 0.803. The summed E-state index contributed by atoms with van der Waals surface area (Å²) in [6, 6.07) is 5.82. The van der Waals surface area contributed by atoms with Crippen molar-refractivity contribution in [3.63, 3.8) is 0 Å². The average molecular weight is 375 g/mol.